The van der Waals surface area contributed by atoms with E-state index in [1.807, 2.05) is 23.7 Å². The second-order valence-electron chi connectivity index (χ2n) is 4.92. The van der Waals surface area contributed by atoms with Gasteiger partial charge in [-0.1, -0.05) is 18.2 Å². The molecule has 1 atom stereocenters. The van der Waals surface area contributed by atoms with Crippen molar-refractivity contribution < 1.29 is 4.79 Å². The van der Waals surface area contributed by atoms with E-state index >= 15 is 0 Å². The lowest BCUT2D eigenvalue weighted by Gasteiger charge is -2.19. The van der Waals surface area contributed by atoms with Crippen molar-refractivity contribution >= 4 is 17.5 Å². The van der Waals surface area contributed by atoms with Crippen molar-refractivity contribution in [2.45, 2.75) is 36.1 Å². The van der Waals surface area contributed by atoms with Crippen LogP contribution >= 0.6 is 11.8 Å². The summed E-state index contributed by atoms with van der Waals surface area (Å²) in [6, 6.07) is 3.81. The number of aromatic nitrogens is 4. The zero-order valence-corrected chi connectivity index (χ0v) is 12.1. The summed E-state index contributed by atoms with van der Waals surface area (Å²) in [6.45, 7) is 0. The Bertz CT molecular complexity index is 611. The molecule has 1 aliphatic rings. The fourth-order valence-electron chi connectivity index (χ4n) is 2.37. The van der Waals surface area contributed by atoms with Crippen LogP contribution in [0.5, 0.6) is 0 Å². The summed E-state index contributed by atoms with van der Waals surface area (Å²) in [7, 11) is 1.94. The maximum Gasteiger partial charge on any atom is 0.191 e. The van der Waals surface area contributed by atoms with Gasteiger partial charge in [-0.25, -0.2) is 0 Å². The summed E-state index contributed by atoms with van der Waals surface area (Å²) in [5.74, 6) is 1.15. The smallest absolute Gasteiger partial charge is 0.191 e. The lowest BCUT2D eigenvalue weighted by molar-refractivity contribution is -0.119. The Hall–Kier alpha value is -1.69. The zero-order valence-electron chi connectivity index (χ0n) is 11.3. The van der Waals surface area contributed by atoms with E-state index in [1.54, 1.807) is 12.4 Å². The van der Waals surface area contributed by atoms with Gasteiger partial charge in [0.2, 0.25) is 0 Å². The molecular weight excluding hydrogens is 272 g/mol. The third-order valence-electron chi connectivity index (χ3n) is 3.52. The minimum Gasteiger partial charge on any atom is -0.305 e. The number of ketones is 1. The highest BCUT2D eigenvalue weighted by atomic mass is 32.2. The van der Waals surface area contributed by atoms with Crippen LogP contribution in [0.3, 0.4) is 0 Å². The Kier molecular flexibility index (Phi) is 3.82. The van der Waals surface area contributed by atoms with E-state index in [4.69, 9.17) is 0 Å². The van der Waals surface area contributed by atoms with Gasteiger partial charge in [0, 0.05) is 31.4 Å². The minimum absolute atomic E-state index is 0.0388. The van der Waals surface area contributed by atoms with Gasteiger partial charge in [-0.3, -0.25) is 9.78 Å². The number of thioether (sulfide) groups is 1. The molecule has 20 heavy (non-hydrogen) atoms. The molecule has 6 heteroatoms. The molecule has 0 saturated heterocycles. The minimum atomic E-state index is 0.0388. The van der Waals surface area contributed by atoms with Crippen LogP contribution in [0.15, 0.2) is 29.7 Å². The first-order valence-corrected chi connectivity index (χ1v) is 7.63. The standard InChI is InChI=1S/C14H16N4OS/c1-18-13(10-6-8-15-9-7-10)16-17-14(18)20-12-5-3-2-4-11(12)19/h6-9,12H,2-5H2,1H3/t12-/m0/s1. The Morgan fingerprint density at radius 3 is 2.80 bits per heavy atom. The SMILES string of the molecule is Cn1c(S[C@H]2CCCCC2=O)nnc1-c1ccncc1. The first kappa shape index (κ1) is 13.3. The second-order valence-corrected chi connectivity index (χ2v) is 6.09. The van der Waals surface area contributed by atoms with E-state index in [2.05, 4.69) is 15.2 Å². The number of carbonyl (C=O) groups excluding carboxylic acids is 1. The van der Waals surface area contributed by atoms with Crippen molar-refractivity contribution in [3.8, 4) is 11.4 Å². The third-order valence-corrected chi connectivity index (χ3v) is 4.87. The average molecular weight is 288 g/mol. The van der Waals surface area contributed by atoms with E-state index in [0.29, 0.717) is 12.2 Å². The monoisotopic (exact) mass is 288 g/mol. The number of nitrogens with zero attached hydrogens (tertiary/aromatic N) is 4. The molecule has 5 nitrogen and oxygen atoms in total. The molecule has 1 fully saturated rings. The molecule has 0 spiro atoms. The fourth-order valence-corrected chi connectivity index (χ4v) is 3.49. The molecule has 3 rings (SSSR count). The van der Waals surface area contributed by atoms with Gasteiger partial charge >= 0.3 is 0 Å². The molecule has 0 N–H and O–H groups in total. The highest BCUT2D eigenvalue weighted by Gasteiger charge is 2.25. The topological polar surface area (TPSA) is 60.7 Å². The summed E-state index contributed by atoms with van der Waals surface area (Å²) in [4.78, 5) is 15.9. The molecular formula is C14H16N4OS. The highest BCUT2D eigenvalue weighted by molar-refractivity contribution is 8.00. The van der Waals surface area contributed by atoms with Crippen LogP contribution in [0.4, 0.5) is 0 Å². The van der Waals surface area contributed by atoms with Gasteiger partial charge in [0.1, 0.15) is 5.78 Å². The Labute approximate surface area is 121 Å². The van der Waals surface area contributed by atoms with Crippen LogP contribution < -0.4 is 0 Å². The molecule has 1 aliphatic carbocycles. The van der Waals surface area contributed by atoms with Crippen LogP contribution in [-0.4, -0.2) is 30.8 Å². The van der Waals surface area contributed by atoms with Crippen LogP contribution in [0, 0.1) is 0 Å². The number of Topliss-reactive ketones (excluding diaryl/α,β-unsaturated/α-hetero) is 1. The maximum absolute atomic E-state index is 11.9. The number of rotatable bonds is 3. The van der Waals surface area contributed by atoms with Crippen molar-refractivity contribution in [3.63, 3.8) is 0 Å². The van der Waals surface area contributed by atoms with Gasteiger partial charge in [-0.2, -0.15) is 0 Å². The maximum atomic E-state index is 11.9. The molecule has 0 bridgehead atoms. The van der Waals surface area contributed by atoms with Gasteiger partial charge < -0.3 is 4.57 Å². The van der Waals surface area contributed by atoms with Gasteiger partial charge in [0.25, 0.3) is 0 Å². The van der Waals surface area contributed by atoms with Crippen molar-refractivity contribution in [2.75, 3.05) is 0 Å². The van der Waals surface area contributed by atoms with Crippen LogP contribution in [0.25, 0.3) is 11.4 Å². The van der Waals surface area contributed by atoms with Gasteiger partial charge in [0.05, 0.1) is 5.25 Å². The lowest BCUT2D eigenvalue weighted by Crippen LogP contribution is -2.21. The first-order chi connectivity index (χ1) is 9.75. The molecule has 0 unspecified atom stereocenters. The molecule has 0 amide bonds. The quantitative estimate of drug-likeness (QED) is 0.868. The Morgan fingerprint density at radius 2 is 2.05 bits per heavy atom. The summed E-state index contributed by atoms with van der Waals surface area (Å²) in [5, 5.41) is 9.30. The third kappa shape index (κ3) is 2.60. The summed E-state index contributed by atoms with van der Waals surface area (Å²) < 4.78 is 1.95. The van der Waals surface area contributed by atoms with E-state index in [1.165, 1.54) is 11.8 Å². The second kappa shape index (κ2) is 5.75. The Balaban J connectivity index is 1.82. The molecule has 2 aromatic heterocycles. The number of pyridine rings is 1. The van der Waals surface area contributed by atoms with Gasteiger partial charge in [-0.15, -0.1) is 10.2 Å². The largest absolute Gasteiger partial charge is 0.305 e. The van der Waals surface area contributed by atoms with E-state index in [-0.39, 0.29) is 5.25 Å². The van der Waals surface area contributed by atoms with Crippen molar-refractivity contribution in [1.82, 2.24) is 19.7 Å². The number of hydrogen-bond donors (Lipinski definition) is 0. The van der Waals surface area contributed by atoms with Crippen LogP contribution in [0.2, 0.25) is 0 Å². The van der Waals surface area contributed by atoms with E-state index in [0.717, 1.165) is 35.8 Å². The van der Waals surface area contributed by atoms with E-state index < -0.39 is 0 Å². The predicted octanol–water partition coefficient (Wildman–Crippen LogP) is 2.48. The van der Waals surface area contributed by atoms with Gasteiger partial charge in [-0.05, 0) is 25.0 Å². The summed E-state index contributed by atoms with van der Waals surface area (Å²) in [5.41, 5.74) is 0.983. The number of hydrogen-bond acceptors (Lipinski definition) is 5. The molecule has 0 aromatic carbocycles. The van der Waals surface area contributed by atoms with Crippen molar-refractivity contribution in [3.05, 3.63) is 24.5 Å². The normalized spacial score (nSPS) is 19.2. The molecule has 0 aliphatic heterocycles. The zero-order chi connectivity index (χ0) is 13.9. The Morgan fingerprint density at radius 1 is 1.25 bits per heavy atom. The molecule has 2 aromatic rings. The highest BCUT2D eigenvalue weighted by Crippen LogP contribution is 2.31. The first-order valence-electron chi connectivity index (χ1n) is 6.75. The van der Waals surface area contributed by atoms with Crippen molar-refractivity contribution in [1.29, 1.82) is 0 Å². The van der Waals surface area contributed by atoms with Crippen molar-refractivity contribution in [2.24, 2.45) is 7.05 Å². The van der Waals surface area contributed by atoms with Crippen LogP contribution in [-0.2, 0) is 11.8 Å². The average Bonchev–Trinajstić information content (AvgIpc) is 2.84. The molecule has 2 heterocycles. The number of carbonyl (C=O) groups is 1. The van der Waals surface area contributed by atoms with E-state index in [9.17, 15) is 4.79 Å². The summed E-state index contributed by atoms with van der Waals surface area (Å²) in [6.07, 6.45) is 7.27. The summed E-state index contributed by atoms with van der Waals surface area (Å²) >= 11 is 1.54. The predicted molar refractivity (Wildman–Crippen MR) is 77.4 cm³/mol. The van der Waals surface area contributed by atoms with Crippen LogP contribution in [0.1, 0.15) is 25.7 Å². The molecule has 0 radical (unpaired) electrons. The molecule has 1 saturated carbocycles. The lowest BCUT2D eigenvalue weighted by atomic mass is 9.99. The van der Waals surface area contributed by atoms with Gasteiger partial charge in [0.15, 0.2) is 11.0 Å². The molecule has 104 valence electrons. The fraction of sp³-hybridized carbons (Fsp3) is 0.429.